The summed E-state index contributed by atoms with van der Waals surface area (Å²) in [6.07, 6.45) is 5.25. The van der Waals surface area contributed by atoms with E-state index in [4.69, 9.17) is 4.74 Å². The summed E-state index contributed by atoms with van der Waals surface area (Å²) in [6.45, 7) is 4.28. The molecule has 3 aliphatic heterocycles. The Morgan fingerprint density at radius 3 is 3.04 bits per heavy atom. The molecule has 0 saturated carbocycles. The maximum atomic E-state index is 13.2. The number of carbonyl (C=O) groups is 1. The first kappa shape index (κ1) is 15.2. The van der Waals surface area contributed by atoms with Crippen molar-refractivity contribution in [1.82, 2.24) is 9.88 Å². The quantitative estimate of drug-likeness (QED) is 0.677. The van der Waals surface area contributed by atoms with Crippen molar-refractivity contribution in [1.29, 1.82) is 0 Å². The van der Waals surface area contributed by atoms with Gasteiger partial charge in [0.1, 0.15) is 5.41 Å². The summed E-state index contributed by atoms with van der Waals surface area (Å²) in [7, 11) is 1.53. The molecule has 130 valence electrons. The predicted octanol–water partition coefficient (Wildman–Crippen LogP) is 3.18. The average molecular weight is 336 g/mol. The lowest BCUT2D eigenvalue weighted by Gasteiger charge is -2.53. The fraction of sp³-hybridized carbons (Fsp3) is 0.476. The number of methoxy groups -OCH3 is 1. The van der Waals surface area contributed by atoms with E-state index in [-0.39, 0.29) is 12.0 Å². The van der Waals surface area contributed by atoms with E-state index in [1.165, 1.54) is 23.6 Å². The van der Waals surface area contributed by atoms with Crippen molar-refractivity contribution >= 4 is 16.9 Å². The Morgan fingerprint density at radius 2 is 2.24 bits per heavy atom. The van der Waals surface area contributed by atoms with Gasteiger partial charge in [0.15, 0.2) is 0 Å². The zero-order valence-corrected chi connectivity index (χ0v) is 14.8. The molecule has 0 radical (unpaired) electrons. The number of ether oxygens (including phenoxy) is 1. The van der Waals surface area contributed by atoms with Crippen LogP contribution in [0.4, 0.5) is 0 Å². The highest BCUT2D eigenvalue weighted by Crippen LogP contribution is 2.52. The van der Waals surface area contributed by atoms with Crippen molar-refractivity contribution in [3.8, 4) is 0 Å². The summed E-state index contributed by atoms with van der Waals surface area (Å²) in [4.78, 5) is 19.4. The van der Waals surface area contributed by atoms with Gasteiger partial charge in [0.2, 0.25) is 0 Å². The molecular formula is C21H24N2O2. The van der Waals surface area contributed by atoms with Crippen LogP contribution in [0.5, 0.6) is 0 Å². The molecule has 0 spiro atoms. The second kappa shape index (κ2) is 5.21. The van der Waals surface area contributed by atoms with Gasteiger partial charge in [-0.1, -0.05) is 36.8 Å². The van der Waals surface area contributed by atoms with Crippen LogP contribution < -0.4 is 0 Å². The monoisotopic (exact) mass is 336 g/mol. The topological polar surface area (TPSA) is 45.3 Å². The summed E-state index contributed by atoms with van der Waals surface area (Å²) in [5.41, 5.74) is 4.36. The highest BCUT2D eigenvalue weighted by molar-refractivity contribution is 5.92. The molecule has 6 rings (SSSR count). The third-order valence-corrected chi connectivity index (χ3v) is 6.55. The van der Waals surface area contributed by atoms with E-state index in [1.807, 2.05) is 0 Å². The largest absolute Gasteiger partial charge is 0.468 e. The zero-order chi connectivity index (χ0) is 17.2. The summed E-state index contributed by atoms with van der Waals surface area (Å²) in [6, 6.07) is 8.56. The van der Waals surface area contributed by atoms with Crippen molar-refractivity contribution in [3.05, 3.63) is 47.2 Å². The van der Waals surface area contributed by atoms with Gasteiger partial charge < -0.3 is 9.72 Å². The maximum absolute atomic E-state index is 13.2. The van der Waals surface area contributed by atoms with Crippen LogP contribution in [0.1, 0.15) is 31.0 Å². The number of aromatic nitrogens is 1. The molecule has 1 aliphatic carbocycles. The normalized spacial score (nSPS) is 32.9. The Bertz CT molecular complexity index is 896. The molecule has 4 heterocycles. The molecule has 1 aromatic carbocycles. The second-order valence-electron chi connectivity index (χ2n) is 7.69. The number of nitrogens with one attached hydrogen (secondary N) is 1. The van der Waals surface area contributed by atoms with Gasteiger partial charge in [0.25, 0.3) is 0 Å². The fourth-order valence-corrected chi connectivity index (χ4v) is 5.71. The highest BCUT2D eigenvalue weighted by Gasteiger charge is 2.60. The molecule has 1 saturated heterocycles. The van der Waals surface area contributed by atoms with E-state index in [0.29, 0.717) is 5.92 Å². The van der Waals surface area contributed by atoms with Crippen LogP contribution >= 0.6 is 0 Å². The van der Waals surface area contributed by atoms with Crippen molar-refractivity contribution < 1.29 is 9.53 Å². The number of benzene rings is 1. The van der Waals surface area contributed by atoms with Crippen molar-refractivity contribution in [2.45, 2.75) is 37.6 Å². The third-order valence-electron chi connectivity index (χ3n) is 6.55. The number of nitrogens with zero attached hydrogens (tertiary/aromatic N) is 1. The summed E-state index contributed by atoms with van der Waals surface area (Å²) < 4.78 is 5.41. The van der Waals surface area contributed by atoms with Crippen LogP contribution in [0.25, 0.3) is 10.9 Å². The number of H-pyrrole nitrogens is 1. The molecule has 2 aromatic rings. The van der Waals surface area contributed by atoms with Gasteiger partial charge in [0, 0.05) is 29.7 Å². The lowest BCUT2D eigenvalue weighted by Crippen LogP contribution is -2.63. The number of carbonyl (C=O) groups excluding carboxylic acids is 1. The highest BCUT2D eigenvalue weighted by atomic mass is 16.5. The first-order valence-corrected chi connectivity index (χ1v) is 9.32. The molecule has 4 bridgehead atoms. The molecule has 4 atom stereocenters. The maximum Gasteiger partial charge on any atom is 0.319 e. The molecule has 1 aromatic heterocycles. The van der Waals surface area contributed by atoms with Gasteiger partial charge in [-0.2, -0.15) is 0 Å². The minimum atomic E-state index is -0.595. The average Bonchev–Trinajstić information content (AvgIpc) is 3.00. The molecule has 1 N–H and O–H groups in total. The summed E-state index contributed by atoms with van der Waals surface area (Å²) in [5.74, 6) is 0.345. The zero-order valence-electron chi connectivity index (χ0n) is 14.8. The van der Waals surface area contributed by atoms with Crippen molar-refractivity contribution in [2.24, 2.45) is 5.92 Å². The first-order chi connectivity index (χ1) is 12.2. The Hall–Kier alpha value is -2.07. The molecule has 4 heteroatoms. The van der Waals surface area contributed by atoms with Crippen LogP contribution in [0.2, 0.25) is 0 Å². The number of aromatic amines is 1. The number of piperidine rings is 1. The van der Waals surface area contributed by atoms with E-state index in [9.17, 15) is 4.79 Å². The van der Waals surface area contributed by atoms with Gasteiger partial charge in [0.05, 0.1) is 13.2 Å². The fourth-order valence-electron chi connectivity index (χ4n) is 5.71. The molecule has 1 unspecified atom stereocenters. The molecule has 4 aliphatic rings. The number of rotatable bonds is 2. The van der Waals surface area contributed by atoms with Gasteiger partial charge in [-0.05, 0) is 36.8 Å². The van der Waals surface area contributed by atoms with Crippen LogP contribution in [0, 0.1) is 5.92 Å². The van der Waals surface area contributed by atoms with Crippen LogP contribution in [0.3, 0.4) is 0 Å². The molecule has 4 nitrogen and oxygen atoms in total. The SMILES string of the molecule is CCC1=C[C@@H]2CN3CCc4c([nH]c5ccccc45)[C@@](C(=O)OC)(C2)[C@H]13. The predicted molar refractivity (Wildman–Crippen MR) is 97.5 cm³/mol. The van der Waals surface area contributed by atoms with Crippen LogP contribution in [0.15, 0.2) is 35.9 Å². The molecular weight excluding hydrogens is 312 g/mol. The van der Waals surface area contributed by atoms with E-state index >= 15 is 0 Å². The van der Waals surface area contributed by atoms with E-state index < -0.39 is 5.41 Å². The van der Waals surface area contributed by atoms with Gasteiger partial charge in [-0.15, -0.1) is 0 Å². The standard InChI is InChI=1S/C21H24N2O2/c1-3-14-10-13-11-21(20(24)25-2)18-16(8-9-23(12-13)19(14)21)15-6-4-5-7-17(15)22-18/h4-7,10,13,19,22H,3,8-9,11-12H2,1-2H3/t13-,19-,21-/m0/s1. The Kier molecular flexibility index (Phi) is 3.17. The molecule has 0 amide bonds. The van der Waals surface area contributed by atoms with Crippen LogP contribution in [-0.4, -0.2) is 42.1 Å². The number of hydrogen-bond acceptors (Lipinski definition) is 3. The molecule has 25 heavy (non-hydrogen) atoms. The lowest BCUT2D eigenvalue weighted by atomic mass is 9.60. The van der Waals surface area contributed by atoms with Gasteiger partial charge in [-0.3, -0.25) is 9.69 Å². The number of para-hydroxylation sites is 1. The summed E-state index contributed by atoms with van der Waals surface area (Å²) >= 11 is 0. The van der Waals surface area contributed by atoms with Gasteiger partial charge in [-0.25, -0.2) is 0 Å². The Balaban J connectivity index is 1.83. The second-order valence-corrected chi connectivity index (χ2v) is 7.69. The number of esters is 1. The van der Waals surface area contributed by atoms with Crippen molar-refractivity contribution in [3.63, 3.8) is 0 Å². The van der Waals surface area contributed by atoms with Gasteiger partial charge >= 0.3 is 5.97 Å². The first-order valence-electron chi connectivity index (χ1n) is 9.32. The Labute approximate surface area is 147 Å². The van der Waals surface area contributed by atoms with Crippen LogP contribution in [-0.2, 0) is 21.4 Å². The third kappa shape index (κ3) is 1.83. The number of fused-ring (bicyclic) bond motifs is 3. The van der Waals surface area contributed by atoms with E-state index in [1.54, 1.807) is 0 Å². The van der Waals surface area contributed by atoms with E-state index in [2.05, 4.69) is 47.1 Å². The minimum absolute atomic E-state index is 0.0824. The Morgan fingerprint density at radius 1 is 1.40 bits per heavy atom. The molecule has 1 fully saturated rings. The lowest BCUT2D eigenvalue weighted by molar-refractivity contribution is -0.153. The minimum Gasteiger partial charge on any atom is -0.468 e. The van der Waals surface area contributed by atoms with E-state index in [0.717, 1.165) is 43.6 Å². The summed E-state index contributed by atoms with van der Waals surface area (Å²) in [5, 5.41) is 1.26. The van der Waals surface area contributed by atoms with Crippen molar-refractivity contribution in [2.75, 3.05) is 20.2 Å². The smallest absolute Gasteiger partial charge is 0.319 e. The number of hydrogen-bond donors (Lipinski definition) is 1.